The highest BCUT2D eigenvalue weighted by Crippen LogP contribution is 2.39. The summed E-state index contributed by atoms with van der Waals surface area (Å²) in [4.78, 5) is 5.71. The Labute approximate surface area is 127 Å². The molecule has 1 aromatic rings. The number of morpholine rings is 1. The predicted octanol–water partition coefficient (Wildman–Crippen LogP) is 1.37. The van der Waals surface area contributed by atoms with E-state index in [9.17, 15) is 0 Å². The van der Waals surface area contributed by atoms with Gasteiger partial charge >= 0.3 is 0 Å². The van der Waals surface area contributed by atoms with E-state index in [0.29, 0.717) is 6.10 Å². The van der Waals surface area contributed by atoms with Crippen molar-refractivity contribution in [1.29, 1.82) is 0 Å². The summed E-state index contributed by atoms with van der Waals surface area (Å²) >= 11 is 0. The molecule has 0 amide bonds. The first kappa shape index (κ1) is 15.0. The Balaban J connectivity index is 1.54. The maximum Gasteiger partial charge on any atom is 0.0611 e. The Hall–Kier alpha value is -0.880. The van der Waals surface area contributed by atoms with Crippen LogP contribution in [0.25, 0.3) is 0 Å². The molecule has 0 radical (unpaired) electrons. The maximum atomic E-state index is 5.79. The summed E-state index contributed by atoms with van der Waals surface area (Å²) in [5, 5.41) is 3.63. The van der Waals surface area contributed by atoms with E-state index < -0.39 is 0 Å². The van der Waals surface area contributed by atoms with Crippen LogP contribution in [0.2, 0.25) is 0 Å². The first-order valence-corrected chi connectivity index (χ1v) is 8.09. The molecule has 1 aliphatic carbocycles. The largest absolute Gasteiger partial charge is 0.379 e. The minimum absolute atomic E-state index is 0.264. The Morgan fingerprint density at radius 1 is 1.43 bits per heavy atom. The summed E-state index contributed by atoms with van der Waals surface area (Å²) in [6.45, 7) is 8.67. The summed E-state index contributed by atoms with van der Waals surface area (Å²) in [5.74, 6) is 0. The molecule has 1 aliphatic heterocycles. The number of nitrogens with zero attached hydrogens (tertiary/aromatic N) is 1. The van der Waals surface area contributed by atoms with Gasteiger partial charge in [0, 0.05) is 50.7 Å². The Kier molecular flexibility index (Phi) is 4.95. The lowest BCUT2D eigenvalue weighted by Gasteiger charge is -2.55. The molecule has 0 unspecified atom stereocenters. The number of hydrogen-bond donors (Lipinski definition) is 2. The van der Waals surface area contributed by atoms with Gasteiger partial charge in [0.15, 0.2) is 0 Å². The van der Waals surface area contributed by atoms with Crippen molar-refractivity contribution >= 4 is 0 Å². The third-order valence-corrected chi connectivity index (χ3v) is 4.75. The van der Waals surface area contributed by atoms with E-state index in [0.717, 1.165) is 58.8 Å². The van der Waals surface area contributed by atoms with Crippen LogP contribution in [0.5, 0.6) is 0 Å². The fraction of sp³-hybridized carbons (Fsp3) is 0.750. The van der Waals surface area contributed by atoms with Crippen molar-refractivity contribution in [1.82, 2.24) is 15.2 Å². The monoisotopic (exact) mass is 293 g/mol. The van der Waals surface area contributed by atoms with Crippen molar-refractivity contribution in [3.05, 3.63) is 24.0 Å². The number of hydrogen-bond acceptors (Lipinski definition) is 4. The lowest BCUT2D eigenvalue weighted by Crippen LogP contribution is -2.66. The van der Waals surface area contributed by atoms with Crippen molar-refractivity contribution in [3.63, 3.8) is 0 Å². The van der Waals surface area contributed by atoms with Crippen LogP contribution >= 0.6 is 0 Å². The number of rotatable bonds is 7. The summed E-state index contributed by atoms with van der Waals surface area (Å²) in [6.07, 6.45) is 6.75. The van der Waals surface area contributed by atoms with Gasteiger partial charge in [0.1, 0.15) is 0 Å². The topological polar surface area (TPSA) is 49.5 Å². The molecule has 5 heteroatoms. The van der Waals surface area contributed by atoms with Crippen molar-refractivity contribution in [3.8, 4) is 0 Å². The molecule has 0 spiro atoms. The highest BCUT2D eigenvalue weighted by atomic mass is 16.5. The second kappa shape index (κ2) is 6.92. The average molecular weight is 293 g/mol. The Morgan fingerprint density at radius 3 is 2.90 bits per heavy atom. The first-order chi connectivity index (χ1) is 10.3. The average Bonchev–Trinajstić information content (AvgIpc) is 2.98. The highest BCUT2D eigenvalue weighted by Gasteiger charge is 2.48. The molecular formula is C16H27N3O2. The molecule has 3 rings (SSSR count). The summed E-state index contributed by atoms with van der Waals surface area (Å²) in [6, 6.07) is 2.12. The maximum absolute atomic E-state index is 5.79. The van der Waals surface area contributed by atoms with E-state index in [1.165, 1.54) is 5.56 Å². The normalized spacial score (nSPS) is 30.2. The molecule has 2 heterocycles. The smallest absolute Gasteiger partial charge is 0.0611 e. The summed E-state index contributed by atoms with van der Waals surface area (Å²) in [5.41, 5.74) is 1.58. The van der Waals surface area contributed by atoms with Crippen molar-refractivity contribution in [2.45, 2.75) is 38.0 Å². The van der Waals surface area contributed by atoms with Gasteiger partial charge in [-0.2, -0.15) is 0 Å². The highest BCUT2D eigenvalue weighted by molar-refractivity contribution is 5.09. The Bertz CT molecular complexity index is 409. The minimum Gasteiger partial charge on any atom is -0.379 e. The van der Waals surface area contributed by atoms with Crippen LogP contribution in [0.4, 0.5) is 0 Å². The van der Waals surface area contributed by atoms with Gasteiger partial charge in [-0.1, -0.05) is 0 Å². The van der Waals surface area contributed by atoms with Crippen LogP contribution in [0.3, 0.4) is 0 Å². The molecule has 21 heavy (non-hydrogen) atoms. The van der Waals surface area contributed by atoms with E-state index in [-0.39, 0.29) is 5.54 Å². The molecule has 1 saturated heterocycles. The SMILES string of the molecule is CCOC1CC(CNCc2cc[nH]c2)(N2CCOCC2)C1. The number of aromatic nitrogens is 1. The third-order valence-electron chi connectivity index (χ3n) is 4.75. The van der Waals surface area contributed by atoms with Crippen molar-refractivity contribution in [2.75, 3.05) is 39.5 Å². The van der Waals surface area contributed by atoms with E-state index in [1.807, 2.05) is 6.20 Å². The first-order valence-electron chi connectivity index (χ1n) is 8.09. The third kappa shape index (κ3) is 3.48. The minimum atomic E-state index is 0.264. The van der Waals surface area contributed by atoms with Gasteiger partial charge < -0.3 is 19.8 Å². The molecule has 0 atom stereocenters. The molecule has 2 fully saturated rings. The van der Waals surface area contributed by atoms with E-state index >= 15 is 0 Å². The zero-order valence-electron chi connectivity index (χ0n) is 12.9. The summed E-state index contributed by atoms with van der Waals surface area (Å²) < 4.78 is 11.3. The van der Waals surface area contributed by atoms with Crippen molar-refractivity contribution < 1.29 is 9.47 Å². The molecule has 2 N–H and O–H groups in total. The molecule has 118 valence electrons. The molecule has 5 nitrogen and oxygen atoms in total. The van der Waals surface area contributed by atoms with E-state index in [4.69, 9.17) is 9.47 Å². The van der Waals surface area contributed by atoms with Crippen LogP contribution in [0, 0.1) is 0 Å². The van der Waals surface area contributed by atoms with Gasteiger partial charge in [-0.05, 0) is 31.4 Å². The lowest BCUT2D eigenvalue weighted by atomic mass is 9.72. The molecule has 1 saturated carbocycles. The van der Waals surface area contributed by atoms with E-state index in [2.05, 4.69) is 34.4 Å². The lowest BCUT2D eigenvalue weighted by molar-refractivity contribution is -0.125. The van der Waals surface area contributed by atoms with Gasteiger partial charge in [0.2, 0.25) is 0 Å². The Morgan fingerprint density at radius 2 is 2.24 bits per heavy atom. The van der Waals surface area contributed by atoms with Crippen LogP contribution in [0.15, 0.2) is 18.5 Å². The second-order valence-electron chi connectivity index (χ2n) is 6.13. The fourth-order valence-corrected chi connectivity index (χ4v) is 3.60. The van der Waals surface area contributed by atoms with Crippen LogP contribution in [-0.4, -0.2) is 61.0 Å². The molecule has 0 aromatic carbocycles. The van der Waals surface area contributed by atoms with Gasteiger partial charge in [-0.15, -0.1) is 0 Å². The predicted molar refractivity (Wildman–Crippen MR) is 82.3 cm³/mol. The van der Waals surface area contributed by atoms with E-state index in [1.54, 1.807) is 0 Å². The van der Waals surface area contributed by atoms with Gasteiger partial charge in [-0.25, -0.2) is 0 Å². The standard InChI is InChI=1S/C16H27N3O2/c1-2-21-15-9-16(10-15,19-5-7-20-8-6-19)13-18-12-14-3-4-17-11-14/h3-4,11,15,17-18H,2,5-10,12-13H2,1H3. The number of ether oxygens (including phenoxy) is 2. The molecule has 2 aliphatic rings. The van der Waals surface area contributed by atoms with Crippen LogP contribution in [-0.2, 0) is 16.0 Å². The fourth-order valence-electron chi connectivity index (χ4n) is 3.60. The van der Waals surface area contributed by atoms with Crippen LogP contribution < -0.4 is 5.32 Å². The zero-order chi connectivity index (χ0) is 14.5. The quantitative estimate of drug-likeness (QED) is 0.797. The summed E-state index contributed by atoms with van der Waals surface area (Å²) in [7, 11) is 0. The molecule has 0 bridgehead atoms. The second-order valence-corrected chi connectivity index (χ2v) is 6.13. The molecule has 1 aromatic heterocycles. The number of aromatic amines is 1. The molecular weight excluding hydrogens is 266 g/mol. The van der Waals surface area contributed by atoms with Crippen LogP contribution in [0.1, 0.15) is 25.3 Å². The van der Waals surface area contributed by atoms with Gasteiger partial charge in [-0.3, -0.25) is 4.90 Å². The van der Waals surface area contributed by atoms with Gasteiger partial charge in [0.25, 0.3) is 0 Å². The van der Waals surface area contributed by atoms with Crippen molar-refractivity contribution in [2.24, 2.45) is 0 Å². The zero-order valence-corrected chi connectivity index (χ0v) is 12.9. The van der Waals surface area contributed by atoms with Gasteiger partial charge in [0.05, 0.1) is 19.3 Å². The number of nitrogens with one attached hydrogen (secondary N) is 2. The number of H-pyrrole nitrogens is 1.